The molecule has 100 valence electrons. The van der Waals surface area contributed by atoms with Gasteiger partial charge in [0.1, 0.15) is 0 Å². The van der Waals surface area contributed by atoms with E-state index in [2.05, 4.69) is 0 Å². The van der Waals surface area contributed by atoms with Crippen molar-refractivity contribution in [2.75, 3.05) is 7.05 Å². The van der Waals surface area contributed by atoms with Crippen molar-refractivity contribution >= 4 is 17.8 Å². The second-order valence-corrected chi connectivity index (χ2v) is 4.67. The maximum Gasteiger partial charge on any atom is 0.303 e. The fraction of sp³-hybridized carbons (Fsp3) is 0.357. The molecule has 1 heterocycles. The van der Waals surface area contributed by atoms with E-state index in [1.165, 1.54) is 7.05 Å². The van der Waals surface area contributed by atoms with Crippen LogP contribution < -0.4 is 0 Å². The zero-order valence-corrected chi connectivity index (χ0v) is 10.7. The summed E-state index contributed by atoms with van der Waals surface area (Å²) in [6.45, 7) is 0. The van der Waals surface area contributed by atoms with Crippen LogP contribution in [0.1, 0.15) is 34.3 Å². The highest BCUT2D eigenvalue weighted by Crippen LogP contribution is 2.21. The first-order valence-electron chi connectivity index (χ1n) is 6.13. The van der Waals surface area contributed by atoms with Gasteiger partial charge in [0, 0.05) is 19.0 Å². The normalized spacial score (nSPS) is 14.5. The Morgan fingerprint density at radius 1 is 1.37 bits per heavy atom. The van der Waals surface area contributed by atoms with E-state index in [0.29, 0.717) is 18.4 Å². The van der Waals surface area contributed by atoms with Gasteiger partial charge in [-0.15, -0.1) is 0 Å². The molecule has 0 fully saturated rings. The lowest BCUT2D eigenvalue weighted by molar-refractivity contribution is -0.137. The number of amides is 2. The van der Waals surface area contributed by atoms with Crippen LogP contribution in [-0.2, 0) is 22.4 Å². The lowest BCUT2D eigenvalue weighted by Gasteiger charge is -2.23. The molecule has 2 amide bonds. The van der Waals surface area contributed by atoms with Crippen LogP contribution in [0.5, 0.6) is 0 Å². The van der Waals surface area contributed by atoms with Crippen LogP contribution in [0.25, 0.3) is 0 Å². The number of likely N-dealkylation sites (N-methyl/N-ethyl adjacent to an activating group) is 1. The Bertz CT molecular complexity index is 550. The summed E-state index contributed by atoms with van der Waals surface area (Å²) < 4.78 is 0. The number of carboxylic acid groups (broad SMARTS) is 1. The number of benzene rings is 1. The number of hydrogen-bond donors (Lipinski definition) is 1. The van der Waals surface area contributed by atoms with Crippen molar-refractivity contribution in [2.24, 2.45) is 0 Å². The van der Waals surface area contributed by atoms with Gasteiger partial charge in [-0.3, -0.25) is 19.3 Å². The second kappa shape index (κ2) is 5.22. The van der Waals surface area contributed by atoms with Gasteiger partial charge in [0.05, 0.1) is 6.42 Å². The van der Waals surface area contributed by atoms with Crippen LogP contribution in [-0.4, -0.2) is 34.8 Å². The molecular weight excluding hydrogens is 246 g/mol. The van der Waals surface area contributed by atoms with E-state index in [-0.39, 0.29) is 24.7 Å². The summed E-state index contributed by atoms with van der Waals surface area (Å²) in [6.07, 6.45) is 1.51. The Morgan fingerprint density at radius 2 is 2.11 bits per heavy atom. The Morgan fingerprint density at radius 3 is 2.79 bits per heavy atom. The van der Waals surface area contributed by atoms with Gasteiger partial charge >= 0.3 is 5.97 Å². The number of carboxylic acids is 1. The first-order valence-corrected chi connectivity index (χ1v) is 6.13. The van der Waals surface area contributed by atoms with E-state index >= 15 is 0 Å². The third-order valence-electron chi connectivity index (χ3n) is 3.28. The topological polar surface area (TPSA) is 74.7 Å². The average Bonchev–Trinajstić information content (AvgIpc) is 2.36. The number of nitrogens with zero attached hydrogens (tertiary/aromatic N) is 1. The molecule has 19 heavy (non-hydrogen) atoms. The fourth-order valence-electron chi connectivity index (χ4n) is 2.15. The van der Waals surface area contributed by atoms with Crippen LogP contribution in [0.3, 0.4) is 0 Å². The largest absolute Gasteiger partial charge is 0.481 e. The number of rotatable bonds is 4. The van der Waals surface area contributed by atoms with E-state index in [9.17, 15) is 14.4 Å². The van der Waals surface area contributed by atoms with Crippen molar-refractivity contribution in [1.82, 2.24) is 4.90 Å². The maximum absolute atomic E-state index is 12.0. The van der Waals surface area contributed by atoms with E-state index in [1.807, 2.05) is 6.07 Å². The summed E-state index contributed by atoms with van der Waals surface area (Å²) in [5.74, 6) is -1.30. The van der Waals surface area contributed by atoms with E-state index < -0.39 is 5.97 Å². The zero-order valence-electron chi connectivity index (χ0n) is 10.7. The maximum atomic E-state index is 12.0. The van der Waals surface area contributed by atoms with Gasteiger partial charge in [-0.25, -0.2) is 0 Å². The molecule has 0 saturated heterocycles. The Kier molecular flexibility index (Phi) is 3.64. The van der Waals surface area contributed by atoms with Gasteiger partial charge < -0.3 is 5.11 Å². The molecule has 1 aromatic carbocycles. The molecule has 0 radical (unpaired) electrons. The molecule has 1 aliphatic rings. The summed E-state index contributed by atoms with van der Waals surface area (Å²) in [5, 5.41) is 8.59. The highest BCUT2D eigenvalue weighted by molar-refractivity contribution is 6.09. The van der Waals surface area contributed by atoms with E-state index in [4.69, 9.17) is 5.11 Å². The first-order chi connectivity index (χ1) is 8.99. The molecular formula is C14H15NO4. The molecule has 1 aromatic rings. The number of fused-ring (bicyclic) bond motifs is 1. The van der Waals surface area contributed by atoms with E-state index in [1.54, 1.807) is 12.1 Å². The third-order valence-corrected chi connectivity index (χ3v) is 3.28. The minimum Gasteiger partial charge on any atom is -0.481 e. The predicted molar refractivity (Wildman–Crippen MR) is 67.8 cm³/mol. The number of carbonyl (C=O) groups is 3. The molecule has 5 nitrogen and oxygen atoms in total. The fourth-order valence-corrected chi connectivity index (χ4v) is 2.15. The standard InChI is InChI=1S/C14H15NO4/c1-15-12(16)8-10-6-5-9(3-2-4-13(17)18)7-11(10)14(15)19/h5-7H,2-4,8H2,1H3,(H,17,18). The van der Waals surface area contributed by atoms with Gasteiger partial charge in [0.2, 0.25) is 5.91 Å². The van der Waals surface area contributed by atoms with Crippen molar-refractivity contribution in [2.45, 2.75) is 25.7 Å². The minimum absolute atomic E-state index is 0.115. The lowest BCUT2D eigenvalue weighted by Crippen LogP contribution is -2.39. The van der Waals surface area contributed by atoms with E-state index in [0.717, 1.165) is 16.0 Å². The summed E-state index contributed by atoms with van der Waals surface area (Å²) in [6, 6.07) is 5.41. The first kappa shape index (κ1) is 13.3. The number of imide groups is 1. The van der Waals surface area contributed by atoms with Gasteiger partial charge in [-0.2, -0.15) is 0 Å². The third kappa shape index (κ3) is 2.81. The minimum atomic E-state index is -0.820. The van der Waals surface area contributed by atoms with Crippen molar-refractivity contribution < 1.29 is 19.5 Å². The quantitative estimate of drug-likeness (QED) is 0.828. The van der Waals surface area contributed by atoms with Gasteiger partial charge in [0.25, 0.3) is 5.91 Å². The molecule has 0 aromatic heterocycles. The number of aliphatic carboxylic acids is 1. The molecule has 0 saturated carbocycles. The van der Waals surface area contributed by atoms with Gasteiger partial charge in [0.15, 0.2) is 0 Å². The molecule has 0 aliphatic carbocycles. The van der Waals surface area contributed by atoms with Crippen molar-refractivity contribution in [3.63, 3.8) is 0 Å². The molecule has 0 atom stereocenters. The summed E-state index contributed by atoms with van der Waals surface area (Å²) >= 11 is 0. The van der Waals surface area contributed by atoms with Crippen LogP contribution >= 0.6 is 0 Å². The SMILES string of the molecule is CN1C(=O)Cc2ccc(CCCC(=O)O)cc2C1=O. The number of aryl methyl sites for hydroxylation is 1. The lowest BCUT2D eigenvalue weighted by atomic mass is 9.95. The Labute approximate surface area is 110 Å². The number of hydrogen-bond acceptors (Lipinski definition) is 3. The summed E-state index contributed by atoms with van der Waals surface area (Å²) in [4.78, 5) is 35.1. The summed E-state index contributed by atoms with van der Waals surface area (Å²) in [5.41, 5.74) is 2.22. The van der Waals surface area contributed by atoms with Crippen molar-refractivity contribution in [3.8, 4) is 0 Å². The highest BCUT2D eigenvalue weighted by atomic mass is 16.4. The zero-order chi connectivity index (χ0) is 14.0. The molecule has 2 rings (SSSR count). The molecule has 0 unspecified atom stereocenters. The monoisotopic (exact) mass is 261 g/mol. The van der Waals surface area contributed by atoms with Crippen LogP contribution in [0.4, 0.5) is 0 Å². The predicted octanol–water partition coefficient (Wildman–Crippen LogP) is 1.25. The number of carbonyl (C=O) groups excluding carboxylic acids is 2. The van der Waals surface area contributed by atoms with Gasteiger partial charge in [-0.1, -0.05) is 12.1 Å². The van der Waals surface area contributed by atoms with Crippen LogP contribution in [0, 0.1) is 0 Å². The smallest absolute Gasteiger partial charge is 0.303 e. The average molecular weight is 261 g/mol. The van der Waals surface area contributed by atoms with Crippen LogP contribution in [0.15, 0.2) is 18.2 Å². The van der Waals surface area contributed by atoms with Gasteiger partial charge in [-0.05, 0) is 30.0 Å². The second-order valence-electron chi connectivity index (χ2n) is 4.67. The molecule has 0 spiro atoms. The van der Waals surface area contributed by atoms with Crippen molar-refractivity contribution in [3.05, 3.63) is 34.9 Å². The highest BCUT2D eigenvalue weighted by Gasteiger charge is 2.27. The van der Waals surface area contributed by atoms with Crippen molar-refractivity contribution in [1.29, 1.82) is 0 Å². The Balaban J connectivity index is 2.17. The molecule has 5 heteroatoms. The summed E-state index contributed by atoms with van der Waals surface area (Å²) in [7, 11) is 1.48. The molecule has 1 N–H and O–H groups in total. The van der Waals surface area contributed by atoms with Crippen LogP contribution in [0.2, 0.25) is 0 Å². The molecule has 1 aliphatic heterocycles. The Hall–Kier alpha value is -2.17. The molecule has 0 bridgehead atoms.